The molecule has 2 unspecified atom stereocenters. The third kappa shape index (κ3) is 1.34. The molecule has 0 bridgehead atoms. The van der Waals surface area contributed by atoms with Crippen LogP contribution in [0.1, 0.15) is 20.3 Å². The lowest BCUT2D eigenvalue weighted by molar-refractivity contribution is 1.08. The first kappa shape index (κ1) is 5.83. The van der Waals surface area contributed by atoms with E-state index < -0.39 is 0 Å². The van der Waals surface area contributed by atoms with Gasteiger partial charge in [-0.2, -0.15) is 0 Å². The molecule has 1 aliphatic heterocycles. The van der Waals surface area contributed by atoms with Crippen molar-refractivity contribution < 1.29 is 0 Å². The minimum Gasteiger partial charge on any atom is -0.305 e. The monoisotopic (exact) mass is 111 g/mol. The van der Waals surface area contributed by atoms with Crippen molar-refractivity contribution in [1.82, 2.24) is 5.32 Å². The van der Waals surface area contributed by atoms with Crippen LogP contribution in [0.3, 0.4) is 0 Å². The minimum absolute atomic E-state index is 0.690. The van der Waals surface area contributed by atoms with Gasteiger partial charge >= 0.3 is 0 Å². The zero-order valence-corrected chi connectivity index (χ0v) is 5.52. The van der Waals surface area contributed by atoms with Crippen LogP contribution in [0.5, 0.6) is 0 Å². The van der Waals surface area contributed by atoms with Gasteiger partial charge in [0, 0.05) is 12.1 Å². The van der Waals surface area contributed by atoms with Crippen LogP contribution in [0.25, 0.3) is 0 Å². The summed E-state index contributed by atoms with van der Waals surface area (Å²) >= 11 is 0. The van der Waals surface area contributed by atoms with Crippen molar-refractivity contribution in [3.63, 3.8) is 0 Å². The Balaban J connectivity index is 2.12. The maximum atomic E-state index is 3.28. The Hall–Kier alpha value is -0.300. The fourth-order valence-electron chi connectivity index (χ4n) is 0.753. The molecule has 0 radical (unpaired) electrons. The highest BCUT2D eigenvalue weighted by Gasteiger charge is 2.27. The molecular weight excluding hydrogens is 98.1 g/mol. The quantitative estimate of drug-likeness (QED) is 0.421. The largest absolute Gasteiger partial charge is 0.305 e. The maximum absolute atomic E-state index is 3.28. The van der Waals surface area contributed by atoms with E-state index in [1.807, 2.05) is 0 Å². The van der Waals surface area contributed by atoms with E-state index in [1.165, 1.54) is 0 Å². The molecule has 0 saturated carbocycles. The van der Waals surface area contributed by atoms with Crippen molar-refractivity contribution in [3.8, 4) is 0 Å². The summed E-state index contributed by atoms with van der Waals surface area (Å²) in [6.45, 7) is 4.36. The lowest BCUT2D eigenvalue weighted by Gasteiger charge is -1.77. The molecule has 0 spiro atoms. The summed E-state index contributed by atoms with van der Waals surface area (Å²) in [6.07, 6.45) is 5.61. The predicted octanol–water partition coefficient (Wildman–Crippen LogP) is 1.31. The van der Waals surface area contributed by atoms with Crippen LogP contribution in [0.4, 0.5) is 0 Å². The number of rotatable bonds is 2. The lowest BCUT2D eigenvalue weighted by atomic mass is 10.3. The molecule has 8 heavy (non-hydrogen) atoms. The zero-order valence-electron chi connectivity index (χ0n) is 5.52. The third-order valence-electron chi connectivity index (χ3n) is 1.46. The Morgan fingerprint density at radius 1 is 1.62 bits per heavy atom. The highest BCUT2D eigenvalue weighted by atomic mass is 15.1. The van der Waals surface area contributed by atoms with E-state index in [4.69, 9.17) is 0 Å². The highest BCUT2D eigenvalue weighted by molar-refractivity contribution is 5.09. The molecule has 1 aliphatic rings. The number of hydrogen-bond acceptors (Lipinski definition) is 1. The standard InChI is InChI=1S/C7H13N/c1-3-4-5-7-6(2)8-7/h4-8H,3H2,1-2H3/b5-4-. The van der Waals surface area contributed by atoms with Crippen molar-refractivity contribution in [1.29, 1.82) is 0 Å². The minimum atomic E-state index is 0.690. The lowest BCUT2D eigenvalue weighted by Crippen LogP contribution is -1.80. The Labute approximate surface area is 50.8 Å². The van der Waals surface area contributed by atoms with Crippen LogP contribution in [0.2, 0.25) is 0 Å². The van der Waals surface area contributed by atoms with E-state index in [2.05, 4.69) is 31.3 Å². The summed E-state index contributed by atoms with van der Waals surface area (Å²) in [5.74, 6) is 0. The molecule has 1 heteroatoms. The maximum Gasteiger partial charge on any atom is 0.0405 e. The number of allylic oxidation sites excluding steroid dienone is 1. The third-order valence-corrected chi connectivity index (χ3v) is 1.46. The molecule has 1 heterocycles. The van der Waals surface area contributed by atoms with E-state index in [-0.39, 0.29) is 0 Å². The van der Waals surface area contributed by atoms with Gasteiger partial charge in [-0.25, -0.2) is 0 Å². The van der Waals surface area contributed by atoms with Gasteiger partial charge in [-0.05, 0) is 13.3 Å². The smallest absolute Gasteiger partial charge is 0.0405 e. The van der Waals surface area contributed by atoms with E-state index >= 15 is 0 Å². The van der Waals surface area contributed by atoms with Crippen LogP contribution in [0, 0.1) is 0 Å². The molecular formula is C7H13N. The summed E-state index contributed by atoms with van der Waals surface area (Å²) in [5.41, 5.74) is 0. The molecule has 1 rings (SSSR count). The van der Waals surface area contributed by atoms with E-state index in [9.17, 15) is 0 Å². The molecule has 0 aromatic carbocycles. The zero-order chi connectivity index (χ0) is 5.98. The van der Waals surface area contributed by atoms with Gasteiger partial charge in [0.2, 0.25) is 0 Å². The first-order valence-corrected chi connectivity index (χ1v) is 3.27. The first-order chi connectivity index (χ1) is 3.84. The van der Waals surface area contributed by atoms with Gasteiger partial charge in [0.25, 0.3) is 0 Å². The fraction of sp³-hybridized carbons (Fsp3) is 0.714. The molecule has 0 aromatic heterocycles. The van der Waals surface area contributed by atoms with Crippen LogP contribution in [0.15, 0.2) is 12.2 Å². The van der Waals surface area contributed by atoms with Gasteiger partial charge < -0.3 is 5.32 Å². The summed E-state index contributed by atoms with van der Waals surface area (Å²) in [6, 6.07) is 1.42. The highest BCUT2D eigenvalue weighted by Crippen LogP contribution is 2.10. The molecule has 1 N–H and O–H groups in total. The Morgan fingerprint density at radius 3 is 2.62 bits per heavy atom. The first-order valence-electron chi connectivity index (χ1n) is 3.27. The van der Waals surface area contributed by atoms with E-state index in [0.717, 1.165) is 12.5 Å². The van der Waals surface area contributed by atoms with Gasteiger partial charge in [0.15, 0.2) is 0 Å². The average Bonchev–Trinajstić information content (AvgIpc) is 2.42. The SMILES string of the molecule is CC/C=C\C1NC1C. The van der Waals surface area contributed by atoms with E-state index in [0.29, 0.717) is 6.04 Å². The van der Waals surface area contributed by atoms with Crippen LogP contribution < -0.4 is 5.32 Å². The second kappa shape index (κ2) is 2.31. The van der Waals surface area contributed by atoms with Gasteiger partial charge in [-0.15, -0.1) is 0 Å². The molecule has 46 valence electrons. The van der Waals surface area contributed by atoms with Crippen LogP contribution >= 0.6 is 0 Å². The van der Waals surface area contributed by atoms with Crippen molar-refractivity contribution in [2.75, 3.05) is 0 Å². The Bertz CT molecular complexity index is 96.6. The second-order valence-electron chi connectivity index (χ2n) is 2.32. The summed E-state index contributed by atoms with van der Waals surface area (Å²) in [4.78, 5) is 0. The van der Waals surface area contributed by atoms with Gasteiger partial charge in [0.05, 0.1) is 0 Å². The normalized spacial score (nSPS) is 36.2. The summed E-state index contributed by atoms with van der Waals surface area (Å²) in [5, 5.41) is 3.28. The molecule has 1 nitrogen and oxygen atoms in total. The van der Waals surface area contributed by atoms with Crippen molar-refractivity contribution >= 4 is 0 Å². The molecule has 2 atom stereocenters. The van der Waals surface area contributed by atoms with Gasteiger partial charge in [-0.3, -0.25) is 0 Å². The molecule has 0 amide bonds. The predicted molar refractivity (Wildman–Crippen MR) is 35.8 cm³/mol. The van der Waals surface area contributed by atoms with Gasteiger partial charge in [-0.1, -0.05) is 19.1 Å². The van der Waals surface area contributed by atoms with Crippen LogP contribution in [-0.2, 0) is 0 Å². The summed E-state index contributed by atoms with van der Waals surface area (Å²) in [7, 11) is 0. The molecule has 0 aliphatic carbocycles. The molecule has 0 aromatic rings. The Kier molecular flexibility index (Phi) is 1.69. The molecule has 1 fully saturated rings. The Morgan fingerprint density at radius 2 is 2.25 bits per heavy atom. The van der Waals surface area contributed by atoms with Crippen molar-refractivity contribution in [3.05, 3.63) is 12.2 Å². The topological polar surface area (TPSA) is 21.9 Å². The number of nitrogens with one attached hydrogen (secondary N) is 1. The van der Waals surface area contributed by atoms with Crippen molar-refractivity contribution in [2.45, 2.75) is 32.4 Å². The van der Waals surface area contributed by atoms with Crippen molar-refractivity contribution in [2.24, 2.45) is 0 Å². The molecule has 1 saturated heterocycles. The van der Waals surface area contributed by atoms with Crippen LogP contribution in [-0.4, -0.2) is 12.1 Å². The van der Waals surface area contributed by atoms with Gasteiger partial charge in [0.1, 0.15) is 0 Å². The second-order valence-corrected chi connectivity index (χ2v) is 2.32. The fourth-order valence-corrected chi connectivity index (χ4v) is 0.753. The number of hydrogen-bond donors (Lipinski definition) is 1. The summed E-state index contributed by atoms with van der Waals surface area (Å²) < 4.78 is 0. The average molecular weight is 111 g/mol. The van der Waals surface area contributed by atoms with E-state index in [1.54, 1.807) is 0 Å².